The predicted molar refractivity (Wildman–Crippen MR) is 122 cm³/mol. The highest BCUT2D eigenvalue weighted by Crippen LogP contribution is 2.19. The Balaban J connectivity index is 1.57. The minimum Gasteiger partial charge on any atom is -0.371 e. The number of pyridine rings is 1. The zero-order chi connectivity index (χ0) is 21.9. The first kappa shape index (κ1) is 21.9. The lowest BCUT2D eigenvalue weighted by Crippen LogP contribution is -2.26. The van der Waals surface area contributed by atoms with E-state index in [1.54, 1.807) is 6.20 Å². The first-order valence-electron chi connectivity index (χ1n) is 10.2. The third-order valence-electron chi connectivity index (χ3n) is 4.82. The fourth-order valence-electron chi connectivity index (χ4n) is 3.25. The normalized spacial score (nSPS) is 10.3. The molecule has 1 amide bonds. The summed E-state index contributed by atoms with van der Waals surface area (Å²) in [5.41, 5.74) is 4.32. The molecule has 1 aromatic heterocycles. The molecule has 31 heavy (non-hydrogen) atoms. The highest BCUT2D eigenvalue weighted by molar-refractivity contribution is 5.92. The summed E-state index contributed by atoms with van der Waals surface area (Å²) in [6.07, 6.45) is 4.44. The largest absolute Gasteiger partial charge is 0.371 e. The first-order chi connectivity index (χ1) is 15.2. The second kappa shape index (κ2) is 11.4. The molecule has 0 fully saturated rings. The number of nitrogens with zero attached hydrogens (tertiary/aromatic N) is 2. The molecule has 0 saturated heterocycles. The number of nitrogens with one attached hydrogen (secondary N) is 1. The molecule has 0 bridgehead atoms. The van der Waals surface area contributed by atoms with Crippen LogP contribution >= 0.6 is 0 Å². The molecule has 1 heterocycles. The van der Waals surface area contributed by atoms with Crippen LogP contribution in [0.4, 0.5) is 11.4 Å². The summed E-state index contributed by atoms with van der Waals surface area (Å²) in [5.74, 6) is -0.124. The predicted octanol–water partition coefficient (Wildman–Crippen LogP) is 3.91. The molecular weight excluding hydrogens is 390 g/mol. The van der Waals surface area contributed by atoms with E-state index in [2.05, 4.69) is 10.3 Å². The van der Waals surface area contributed by atoms with Gasteiger partial charge in [-0.15, -0.1) is 0 Å². The molecule has 6 nitrogen and oxygen atoms in total. The topological polar surface area (TPSA) is 79.4 Å². The van der Waals surface area contributed by atoms with Gasteiger partial charge in [0.15, 0.2) is 0 Å². The van der Waals surface area contributed by atoms with Gasteiger partial charge in [0.2, 0.25) is 5.91 Å². The Morgan fingerprint density at radius 3 is 2.13 bits per heavy atom. The van der Waals surface area contributed by atoms with Gasteiger partial charge in [0, 0.05) is 37.2 Å². The van der Waals surface area contributed by atoms with Gasteiger partial charge in [-0.1, -0.05) is 42.5 Å². The Kier molecular flexibility index (Phi) is 8.05. The van der Waals surface area contributed by atoms with E-state index in [0.717, 1.165) is 35.1 Å². The fraction of sp³-hybridized carbons (Fsp3) is 0.200. The lowest BCUT2D eigenvalue weighted by molar-refractivity contribution is -0.115. The van der Waals surface area contributed by atoms with E-state index in [1.807, 2.05) is 71.6 Å². The number of hydrogen-bond donors (Lipinski definition) is 1. The van der Waals surface area contributed by atoms with Crippen LogP contribution in [-0.2, 0) is 20.8 Å². The maximum atomic E-state index is 12.4. The van der Waals surface area contributed by atoms with Crippen LogP contribution in [0.1, 0.15) is 18.4 Å². The van der Waals surface area contributed by atoms with Crippen molar-refractivity contribution in [3.05, 3.63) is 78.5 Å². The molecule has 1 N–H and O–H groups in total. The number of carbonyl (C=O) groups is 3. The lowest BCUT2D eigenvalue weighted by Gasteiger charge is -2.23. The Morgan fingerprint density at radius 2 is 1.55 bits per heavy atom. The molecule has 0 aliphatic rings. The van der Waals surface area contributed by atoms with Crippen molar-refractivity contribution in [3.63, 3.8) is 0 Å². The van der Waals surface area contributed by atoms with Gasteiger partial charge in [0.25, 0.3) is 0 Å². The van der Waals surface area contributed by atoms with Crippen LogP contribution in [0.2, 0.25) is 0 Å². The highest BCUT2D eigenvalue weighted by atomic mass is 16.1. The van der Waals surface area contributed by atoms with E-state index in [-0.39, 0.29) is 12.3 Å². The molecule has 0 spiro atoms. The minimum atomic E-state index is -0.124. The monoisotopic (exact) mass is 415 g/mol. The van der Waals surface area contributed by atoms with Crippen LogP contribution in [0.25, 0.3) is 11.3 Å². The molecular formula is C25H25N3O3. The van der Waals surface area contributed by atoms with Crippen molar-refractivity contribution in [1.29, 1.82) is 0 Å². The van der Waals surface area contributed by atoms with Crippen LogP contribution in [0.3, 0.4) is 0 Å². The SMILES string of the molecule is O=CCCN(CCC=O)c1ccc(CC(=O)Nc2ccc(-c3ccccc3)nc2)cc1. The van der Waals surface area contributed by atoms with Crippen LogP contribution in [-0.4, -0.2) is 36.6 Å². The van der Waals surface area contributed by atoms with E-state index in [1.165, 1.54) is 0 Å². The summed E-state index contributed by atoms with van der Waals surface area (Å²) in [4.78, 5) is 40.2. The number of hydrogen-bond acceptors (Lipinski definition) is 5. The number of aromatic nitrogens is 1. The molecule has 2 aromatic carbocycles. The third-order valence-corrected chi connectivity index (χ3v) is 4.82. The van der Waals surface area contributed by atoms with Crippen molar-refractivity contribution in [3.8, 4) is 11.3 Å². The molecule has 0 atom stereocenters. The van der Waals surface area contributed by atoms with E-state index in [9.17, 15) is 14.4 Å². The van der Waals surface area contributed by atoms with Gasteiger partial charge in [-0.3, -0.25) is 9.78 Å². The van der Waals surface area contributed by atoms with Gasteiger partial charge >= 0.3 is 0 Å². The smallest absolute Gasteiger partial charge is 0.228 e. The maximum absolute atomic E-state index is 12.4. The van der Waals surface area contributed by atoms with Crippen LogP contribution in [0.5, 0.6) is 0 Å². The molecule has 3 rings (SSSR count). The third kappa shape index (κ3) is 6.60. The van der Waals surface area contributed by atoms with E-state index < -0.39 is 0 Å². The van der Waals surface area contributed by atoms with Gasteiger partial charge < -0.3 is 19.8 Å². The Hall–Kier alpha value is -3.80. The summed E-state index contributed by atoms with van der Waals surface area (Å²) < 4.78 is 0. The molecule has 3 aromatic rings. The van der Waals surface area contributed by atoms with Crippen molar-refractivity contribution in [2.75, 3.05) is 23.3 Å². The number of anilines is 2. The summed E-state index contributed by atoms with van der Waals surface area (Å²) in [6, 6.07) is 21.2. The quantitative estimate of drug-likeness (QED) is 0.480. The summed E-state index contributed by atoms with van der Waals surface area (Å²) >= 11 is 0. The second-order valence-corrected chi connectivity index (χ2v) is 7.09. The van der Waals surface area contributed by atoms with E-state index >= 15 is 0 Å². The summed E-state index contributed by atoms with van der Waals surface area (Å²) in [7, 11) is 0. The van der Waals surface area contributed by atoms with Gasteiger partial charge in [-0.25, -0.2) is 0 Å². The Morgan fingerprint density at radius 1 is 0.871 bits per heavy atom. The van der Waals surface area contributed by atoms with Gasteiger partial charge in [0.1, 0.15) is 12.6 Å². The van der Waals surface area contributed by atoms with Crippen LogP contribution in [0.15, 0.2) is 72.9 Å². The number of rotatable bonds is 11. The van der Waals surface area contributed by atoms with Crippen molar-refractivity contribution in [1.82, 2.24) is 4.98 Å². The summed E-state index contributed by atoms with van der Waals surface area (Å²) in [6.45, 7) is 1.12. The summed E-state index contributed by atoms with van der Waals surface area (Å²) in [5, 5.41) is 2.87. The van der Waals surface area contributed by atoms with Gasteiger partial charge in [0.05, 0.1) is 24.0 Å². The van der Waals surface area contributed by atoms with Crippen molar-refractivity contribution in [2.45, 2.75) is 19.3 Å². The van der Waals surface area contributed by atoms with Crippen LogP contribution in [0, 0.1) is 0 Å². The van der Waals surface area contributed by atoms with Crippen molar-refractivity contribution >= 4 is 29.9 Å². The second-order valence-electron chi connectivity index (χ2n) is 7.09. The number of amides is 1. The standard InChI is InChI=1S/C25H25N3O3/c29-16-4-14-28(15-5-17-30)23-11-8-20(9-12-23)18-25(31)27-22-10-13-24(26-19-22)21-6-2-1-3-7-21/h1-3,6-13,16-17,19H,4-5,14-15,18H2,(H,27,31). The molecule has 0 aliphatic heterocycles. The highest BCUT2D eigenvalue weighted by Gasteiger charge is 2.09. The average molecular weight is 415 g/mol. The Labute approximate surface area is 181 Å². The van der Waals surface area contributed by atoms with E-state index in [4.69, 9.17) is 0 Å². The average Bonchev–Trinajstić information content (AvgIpc) is 2.81. The number of carbonyl (C=O) groups excluding carboxylic acids is 3. The van der Waals surface area contributed by atoms with Crippen LogP contribution < -0.4 is 10.2 Å². The first-order valence-corrected chi connectivity index (χ1v) is 10.2. The molecule has 0 saturated carbocycles. The minimum absolute atomic E-state index is 0.124. The van der Waals surface area contributed by atoms with Gasteiger partial charge in [-0.05, 0) is 29.8 Å². The van der Waals surface area contributed by atoms with E-state index in [0.29, 0.717) is 31.6 Å². The molecule has 158 valence electrons. The zero-order valence-electron chi connectivity index (χ0n) is 17.2. The van der Waals surface area contributed by atoms with Crippen molar-refractivity contribution in [2.24, 2.45) is 0 Å². The number of aldehydes is 2. The Bertz CT molecular complexity index is 975. The fourth-order valence-corrected chi connectivity index (χ4v) is 3.25. The van der Waals surface area contributed by atoms with Crippen molar-refractivity contribution < 1.29 is 14.4 Å². The molecule has 0 aliphatic carbocycles. The van der Waals surface area contributed by atoms with Gasteiger partial charge in [-0.2, -0.15) is 0 Å². The zero-order valence-corrected chi connectivity index (χ0v) is 17.2. The number of benzene rings is 2. The maximum Gasteiger partial charge on any atom is 0.228 e. The molecule has 6 heteroatoms. The lowest BCUT2D eigenvalue weighted by atomic mass is 10.1. The molecule has 0 unspecified atom stereocenters. The molecule has 0 radical (unpaired) electrons.